The second kappa shape index (κ2) is 8.30. The van der Waals surface area contributed by atoms with Crippen molar-refractivity contribution < 1.29 is 19.2 Å². The Bertz CT molecular complexity index is 856. The first-order chi connectivity index (χ1) is 12.3. The molecule has 0 aliphatic carbocycles. The molecule has 0 aliphatic rings. The number of nitrogens with zero attached hydrogens (tertiary/aromatic N) is 1. The summed E-state index contributed by atoms with van der Waals surface area (Å²) in [7, 11) is 1.23. The van der Waals surface area contributed by atoms with Crippen LogP contribution in [0.4, 0.5) is 11.4 Å². The van der Waals surface area contributed by atoms with Gasteiger partial charge in [-0.15, -0.1) is 0 Å². The largest absolute Gasteiger partial charge is 0.469 e. The fourth-order valence-electron chi connectivity index (χ4n) is 2.33. The molecular weight excluding hydrogens is 362 g/mol. The van der Waals surface area contributed by atoms with E-state index in [4.69, 9.17) is 17.3 Å². The summed E-state index contributed by atoms with van der Waals surface area (Å²) in [6, 6.07) is 9.67. The highest BCUT2D eigenvalue weighted by Crippen LogP contribution is 2.27. The van der Waals surface area contributed by atoms with Crippen LogP contribution in [0.3, 0.4) is 0 Å². The molecule has 2 aromatic carbocycles. The van der Waals surface area contributed by atoms with Gasteiger partial charge >= 0.3 is 5.97 Å². The number of ether oxygens (including phenoxy) is 1. The summed E-state index contributed by atoms with van der Waals surface area (Å²) in [4.78, 5) is 34.5. The molecule has 0 saturated heterocycles. The zero-order valence-electron chi connectivity index (χ0n) is 13.8. The number of nitro groups is 1. The van der Waals surface area contributed by atoms with Crippen LogP contribution in [0, 0.1) is 10.1 Å². The van der Waals surface area contributed by atoms with Crippen LogP contribution in [-0.4, -0.2) is 23.9 Å². The lowest BCUT2D eigenvalue weighted by atomic mass is 10.0. The Morgan fingerprint density at radius 3 is 2.62 bits per heavy atom. The van der Waals surface area contributed by atoms with E-state index >= 15 is 0 Å². The molecule has 0 aliphatic heterocycles. The van der Waals surface area contributed by atoms with Gasteiger partial charge in [-0.2, -0.15) is 0 Å². The van der Waals surface area contributed by atoms with Crippen LogP contribution in [0.5, 0.6) is 0 Å². The van der Waals surface area contributed by atoms with Gasteiger partial charge in [0.2, 0.25) is 0 Å². The van der Waals surface area contributed by atoms with Gasteiger partial charge in [0.15, 0.2) is 0 Å². The molecule has 8 nitrogen and oxygen atoms in total. The number of amides is 1. The molecule has 136 valence electrons. The summed E-state index contributed by atoms with van der Waals surface area (Å²) in [5, 5.41) is 14.0. The Kier molecular flexibility index (Phi) is 6.13. The number of benzene rings is 2. The zero-order valence-corrected chi connectivity index (χ0v) is 14.5. The van der Waals surface area contributed by atoms with Gasteiger partial charge in [-0.05, 0) is 23.8 Å². The van der Waals surface area contributed by atoms with Crippen molar-refractivity contribution in [2.24, 2.45) is 0 Å². The van der Waals surface area contributed by atoms with Gasteiger partial charge in [0.05, 0.1) is 24.5 Å². The quantitative estimate of drug-likeness (QED) is 0.345. The first kappa shape index (κ1) is 19.2. The minimum atomic E-state index is -0.764. The van der Waals surface area contributed by atoms with E-state index in [1.165, 1.54) is 19.2 Å². The predicted octanol–water partition coefficient (Wildman–Crippen LogP) is 2.86. The van der Waals surface area contributed by atoms with Crippen LogP contribution in [0.15, 0.2) is 42.5 Å². The van der Waals surface area contributed by atoms with Crippen LogP contribution in [0.25, 0.3) is 0 Å². The highest BCUT2D eigenvalue weighted by atomic mass is 35.5. The predicted molar refractivity (Wildman–Crippen MR) is 95.8 cm³/mol. The lowest BCUT2D eigenvalue weighted by Crippen LogP contribution is -2.30. The molecular formula is C17H16ClN3O5. The van der Waals surface area contributed by atoms with Gasteiger partial charge in [0.25, 0.3) is 11.6 Å². The molecule has 2 rings (SSSR count). The number of methoxy groups -OCH3 is 1. The van der Waals surface area contributed by atoms with Gasteiger partial charge in [0, 0.05) is 16.7 Å². The van der Waals surface area contributed by atoms with Gasteiger partial charge < -0.3 is 15.8 Å². The van der Waals surface area contributed by atoms with Gasteiger partial charge in [0.1, 0.15) is 5.69 Å². The normalized spacial score (nSPS) is 11.5. The SMILES string of the molecule is COC(=O)CC(NC(=O)c1ccc(N)c([N+](=O)[O-])c1)c1ccccc1Cl. The third kappa shape index (κ3) is 4.48. The molecule has 0 spiro atoms. The molecule has 0 fully saturated rings. The van der Waals surface area contributed by atoms with Crippen molar-refractivity contribution in [3.63, 3.8) is 0 Å². The summed E-state index contributed by atoms with van der Waals surface area (Å²) in [6.07, 6.45) is -0.150. The number of rotatable bonds is 6. The Labute approximate surface area is 154 Å². The minimum absolute atomic E-state index is 0.0350. The molecule has 9 heteroatoms. The van der Waals surface area contributed by atoms with Crippen molar-refractivity contribution in [1.82, 2.24) is 5.32 Å². The highest BCUT2D eigenvalue weighted by molar-refractivity contribution is 6.31. The van der Waals surface area contributed by atoms with Crippen LogP contribution < -0.4 is 11.1 Å². The van der Waals surface area contributed by atoms with Gasteiger partial charge in [-0.25, -0.2) is 0 Å². The van der Waals surface area contributed by atoms with Crippen molar-refractivity contribution in [2.45, 2.75) is 12.5 Å². The number of hydrogen-bond donors (Lipinski definition) is 2. The van der Waals surface area contributed by atoms with E-state index in [-0.39, 0.29) is 23.4 Å². The smallest absolute Gasteiger partial charge is 0.307 e. The number of nitro benzene ring substituents is 1. The number of nitrogen functional groups attached to an aromatic ring is 1. The van der Waals surface area contributed by atoms with Crippen LogP contribution in [0.1, 0.15) is 28.4 Å². The van der Waals surface area contributed by atoms with E-state index in [9.17, 15) is 19.7 Å². The van der Waals surface area contributed by atoms with Crippen molar-refractivity contribution in [3.8, 4) is 0 Å². The van der Waals surface area contributed by atoms with Crippen molar-refractivity contribution in [2.75, 3.05) is 12.8 Å². The Morgan fingerprint density at radius 2 is 2.00 bits per heavy atom. The molecule has 0 aromatic heterocycles. The maximum atomic E-state index is 12.5. The van der Waals surface area contributed by atoms with E-state index in [2.05, 4.69) is 10.1 Å². The highest BCUT2D eigenvalue weighted by Gasteiger charge is 2.23. The number of esters is 1. The van der Waals surface area contributed by atoms with Crippen LogP contribution in [-0.2, 0) is 9.53 Å². The minimum Gasteiger partial charge on any atom is -0.469 e. The van der Waals surface area contributed by atoms with Gasteiger partial charge in [-0.3, -0.25) is 19.7 Å². The standard InChI is InChI=1S/C17H16ClN3O5/c1-26-16(22)9-14(11-4-2-3-5-12(11)18)20-17(23)10-6-7-13(19)15(8-10)21(24)25/h2-8,14H,9,19H2,1H3,(H,20,23). The molecule has 0 heterocycles. The van der Waals surface area contributed by atoms with Crippen molar-refractivity contribution in [3.05, 3.63) is 68.7 Å². The average Bonchev–Trinajstić information content (AvgIpc) is 2.61. The van der Waals surface area contributed by atoms with Crippen LogP contribution >= 0.6 is 11.6 Å². The van der Waals surface area contributed by atoms with E-state index in [0.717, 1.165) is 6.07 Å². The molecule has 3 N–H and O–H groups in total. The number of anilines is 1. The molecule has 1 amide bonds. The van der Waals surface area contributed by atoms with Crippen molar-refractivity contribution >= 4 is 34.9 Å². The second-order valence-corrected chi connectivity index (χ2v) is 5.77. The second-order valence-electron chi connectivity index (χ2n) is 5.36. The summed E-state index contributed by atoms with van der Waals surface area (Å²) >= 11 is 6.15. The third-order valence-electron chi connectivity index (χ3n) is 3.67. The maximum absolute atomic E-state index is 12.5. The first-order valence-corrected chi connectivity index (χ1v) is 7.87. The van der Waals surface area contributed by atoms with E-state index in [1.54, 1.807) is 24.3 Å². The number of nitrogens with two attached hydrogens (primary N) is 1. The third-order valence-corrected chi connectivity index (χ3v) is 4.02. The molecule has 2 aromatic rings. The summed E-state index contributed by atoms with van der Waals surface area (Å²) < 4.78 is 4.66. The first-order valence-electron chi connectivity index (χ1n) is 7.49. The van der Waals surface area contributed by atoms with Crippen LogP contribution in [0.2, 0.25) is 5.02 Å². The molecule has 0 radical (unpaired) electrons. The molecule has 1 atom stereocenters. The summed E-state index contributed by atoms with van der Waals surface area (Å²) in [5.41, 5.74) is 5.67. The zero-order chi connectivity index (χ0) is 19.3. The van der Waals surface area contributed by atoms with E-state index in [1.807, 2.05) is 0 Å². The number of carbonyl (C=O) groups excluding carboxylic acids is 2. The van der Waals surface area contributed by atoms with E-state index < -0.39 is 22.8 Å². The average molecular weight is 378 g/mol. The summed E-state index contributed by atoms with van der Waals surface area (Å²) in [6.45, 7) is 0. The molecule has 0 saturated carbocycles. The topological polar surface area (TPSA) is 125 Å². The number of hydrogen-bond acceptors (Lipinski definition) is 6. The Balaban J connectivity index is 2.32. The Hall–Kier alpha value is -3.13. The number of nitrogens with one attached hydrogen (secondary N) is 1. The fourth-order valence-corrected chi connectivity index (χ4v) is 2.60. The Morgan fingerprint density at radius 1 is 1.31 bits per heavy atom. The van der Waals surface area contributed by atoms with E-state index in [0.29, 0.717) is 10.6 Å². The molecule has 26 heavy (non-hydrogen) atoms. The lowest BCUT2D eigenvalue weighted by molar-refractivity contribution is -0.383. The lowest BCUT2D eigenvalue weighted by Gasteiger charge is -2.19. The number of halogens is 1. The number of carbonyl (C=O) groups is 2. The van der Waals surface area contributed by atoms with Crippen molar-refractivity contribution in [1.29, 1.82) is 0 Å². The molecule has 0 bridgehead atoms. The summed E-state index contributed by atoms with van der Waals surface area (Å²) in [5.74, 6) is -1.15. The fraction of sp³-hybridized carbons (Fsp3) is 0.176. The molecule has 1 unspecified atom stereocenters. The maximum Gasteiger partial charge on any atom is 0.307 e. The van der Waals surface area contributed by atoms with Gasteiger partial charge in [-0.1, -0.05) is 29.8 Å². The monoisotopic (exact) mass is 377 g/mol.